The zero-order valence-corrected chi connectivity index (χ0v) is 10.9. The maximum absolute atomic E-state index is 11.3. The monoisotopic (exact) mass is 232 g/mol. The molecule has 0 saturated heterocycles. The average Bonchev–Trinajstić information content (AvgIpc) is 2.11. The molecule has 15 heavy (non-hydrogen) atoms. The normalized spacial score (nSPS) is 24.9. The Labute approximate surface area is 92.6 Å². The molecule has 0 radical (unpaired) electrons. The molecular formula is C11H20O3S. The highest BCUT2D eigenvalue weighted by atomic mass is 32.2. The molecule has 1 aliphatic rings. The van der Waals surface area contributed by atoms with Crippen molar-refractivity contribution in [1.29, 1.82) is 0 Å². The van der Waals surface area contributed by atoms with Crippen LogP contribution in [-0.2, 0) is 14.3 Å². The number of hydrogen-bond donors (Lipinski definition) is 0. The molecule has 3 nitrogen and oxygen atoms in total. The van der Waals surface area contributed by atoms with E-state index in [4.69, 9.17) is 4.18 Å². The molecule has 1 unspecified atom stereocenters. The lowest BCUT2D eigenvalue weighted by Gasteiger charge is -2.47. The Morgan fingerprint density at radius 2 is 2.00 bits per heavy atom. The van der Waals surface area contributed by atoms with Gasteiger partial charge in [0.1, 0.15) is 0 Å². The molecule has 0 spiro atoms. The van der Waals surface area contributed by atoms with Gasteiger partial charge < -0.3 is 0 Å². The van der Waals surface area contributed by atoms with Gasteiger partial charge in [0.05, 0.1) is 11.9 Å². The molecule has 0 aromatic heterocycles. The van der Waals surface area contributed by atoms with Gasteiger partial charge in [0, 0.05) is 5.41 Å². The molecule has 0 amide bonds. The first-order valence-corrected chi connectivity index (χ1v) is 6.86. The molecule has 0 aliphatic heterocycles. The van der Waals surface area contributed by atoms with E-state index in [1.165, 1.54) is 11.1 Å². The van der Waals surface area contributed by atoms with Crippen molar-refractivity contribution >= 4 is 10.1 Å². The van der Waals surface area contributed by atoms with E-state index in [0.717, 1.165) is 6.42 Å². The summed E-state index contributed by atoms with van der Waals surface area (Å²) in [6.07, 6.45) is 0.557. The SMILES string of the molecule is CCS(=O)(=O)OC1CC(=C(C)C)C1(C)C. The van der Waals surface area contributed by atoms with Gasteiger partial charge in [-0.3, -0.25) is 4.18 Å². The van der Waals surface area contributed by atoms with E-state index in [2.05, 4.69) is 13.8 Å². The van der Waals surface area contributed by atoms with Crippen molar-refractivity contribution < 1.29 is 12.6 Å². The van der Waals surface area contributed by atoms with Crippen LogP contribution in [-0.4, -0.2) is 20.3 Å². The van der Waals surface area contributed by atoms with Gasteiger partial charge in [-0.25, -0.2) is 0 Å². The lowest BCUT2D eigenvalue weighted by atomic mass is 9.63. The van der Waals surface area contributed by atoms with Crippen molar-refractivity contribution in [2.24, 2.45) is 5.41 Å². The number of rotatable bonds is 3. The van der Waals surface area contributed by atoms with Gasteiger partial charge in [0.25, 0.3) is 10.1 Å². The Bertz CT molecular complexity index is 373. The fraction of sp³-hybridized carbons (Fsp3) is 0.818. The van der Waals surface area contributed by atoms with E-state index in [-0.39, 0.29) is 17.3 Å². The van der Waals surface area contributed by atoms with Gasteiger partial charge in [-0.15, -0.1) is 0 Å². The Balaban J connectivity index is 2.78. The lowest BCUT2D eigenvalue weighted by molar-refractivity contribution is 0.0449. The van der Waals surface area contributed by atoms with Crippen molar-refractivity contribution in [2.75, 3.05) is 5.75 Å². The van der Waals surface area contributed by atoms with Crippen LogP contribution in [0.1, 0.15) is 41.0 Å². The second kappa shape index (κ2) is 3.91. The zero-order chi connectivity index (χ0) is 11.9. The smallest absolute Gasteiger partial charge is 0.266 e. The highest BCUT2D eigenvalue weighted by Gasteiger charge is 2.46. The first-order chi connectivity index (χ1) is 6.70. The van der Waals surface area contributed by atoms with Gasteiger partial charge in [-0.1, -0.05) is 25.0 Å². The topological polar surface area (TPSA) is 43.4 Å². The standard InChI is InChI=1S/C11H20O3S/c1-6-15(12,13)14-10-7-9(8(2)3)11(10,4)5/h10H,6-7H2,1-5H3. The third kappa shape index (κ3) is 2.42. The van der Waals surface area contributed by atoms with Crippen LogP contribution in [0.15, 0.2) is 11.1 Å². The van der Waals surface area contributed by atoms with Gasteiger partial charge in [-0.05, 0) is 27.2 Å². The molecule has 1 atom stereocenters. The molecule has 1 fully saturated rings. The molecule has 1 saturated carbocycles. The van der Waals surface area contributed by atoms with Crippen LogP contribution in [0.25, 0.3) is 0 Å². The van der Waals surface area contributed by atoms with Crippen LogP contribution in [0, 0.1) is 5.41 Å². The summed E-state index contributed by atoms with van der Waals surface area (Å²) in [5.41, 5.74) is 2.45. The van der Waals surface area contributed by atoms with Crippen LogP contribution < -0.4 is 0 Å². The largest absolute Gasteiger partial charge is 0.267 e. The van der Waals surface area contributed by atoms with Crippen molar-refractivity contribution in [3.05, 3.63) is 11.1 Å². The average molecular weight is 232 g/mol. The predicted molar refractivity (Wildman–Crippen MR) is 61.1 cm³/mol. The molecule has 0 heterocycles. The molecule has 1 aliphatic carbocycles. The second-order valence-corrected chi connectivity index (χ2v) is 6.72. The maximum Gasteiger partial charge on any atom is 0.267 e. The number of allylic oxidation sites excluding steroid dienone is 1. The predicted octanol–water partition coefficient (Wildman–Crippen LogP) is 2.49. The summed E-state index contributed by atoms with van der Waals surface area (Å²) in [6.45, 7) is 9.79. The van der Waals surface area contributed by atoms with E-state index in [1.807, 2.05) is 13.8 Å². The fourth-order valence-electron chi connectivity index (χ4n) is 2.01. The van der Waals surface area contributed by atoms with Crippen molar-refractivity contribution in [1.82, 2.24) is 0 Å². The molecule has 0 aromatic carbocycles. The van der Waals surface area contributed by atoms with Gasteiger partial charge in [-0.2, -0.15) is 8.42 Å². The van der Waals surface area contributed by atoms with E-state index in [1.54, 1.807) is 6.92 Å². The summed E-state index contributed by atoms with van der Waals surface area (Å²) in [5.74, 6) is 0.0454. The summed E-state index contributed by atoms with van der Waals surface area (Å²) >= 11 is 0. The first-order valence-electron chi connectivity index (χ1n) is 5.28. The van der Waals surface area contributed by atoms with Crippen LogP contribution >= 0.6 is 0 Å². The summed E-state index contributed by atoms with van der Waals surface area (Å²) in [7, 11) is -3.32. The fourth-order valence-corrected chi connectivity index (χ4v) is 2.81. The van der Waals surface area contributed by atoms with E-state index in [0.29, 0.717) is 0 Å². The van der Waals surface area contributed by atoms with Crippen LogP contribution in [0.5, 0.6) is 0 Å². The summed E-state index contributed by atoms with van der Waals surface area (Å²) in [6, 6.07) is 0. The minimum Gasteiger partial charge on any atom is -0.266 e. The van der Waals surface area contributed by atoms with Crippen LogP contribution in [0.4, 0.5) is 0 Å². The van der Waals surface area contributed by atoms with Gasteiger partial charge in [0.2, 0.25) is 0 Å². The summed E-state index contributed by atoms with van der Waals surface area (Å²) in [4.78, 5) is 0. The first kappa shape index (κ1) is 12.7. The van der Waals surface area contributed by atoms with Gasteiger partial charge in [0.15, 0.2) is 0 Å². The molecule has 0 N–H and O–H groups in total. The molecular weight excluding hydrogens is 212 g/mol. The van der Waals surface area contributed by atoms with Crippen molar-refractivity contribution in [3.63, 3.8) is 0 Å². The van der Waals surface area contributed by atoms with Crippen molar-refractivity contribution in [3.8, 4) is 0 Å². The Morgan fingerprint density at radius 1 is 1.47 bits per heavy atom. The molecule has 0 aromatic rings. The van der Waals surface area contributed by atoms with Gasteiger partial charge >= 0.3 is 0 Å². The Morgan fingerprint density at radius 3 is 2.33 bits per heavy atom. The Hall–Kier alpha value is -0.350. The zero-order valence-electron chi connectivity index (χ0n) is 10.1. The minimum atomic E-state index is -3.32. The van der Waals surface area contributed by atoms with Crippen molar-refractivity contribution in [2.45, 2.75) is 47.1 Å². The molecule has 88 valence electrons. The Kier molecular flexibility index (Phi) is 3.31. The third-order valence-electron chi connectivity index (χ3n) is 3.19. The van der Waals surface area contributed by atoms with Crippen LogP contribution in [0.3, 0.4) is 0 Å². The molecule has 0 bridgehead atoms. The quantitative estimate of drug-likeness (QED) is 0.554. The van der Waals surface area contributed by atoms with E-state index in [9.17, 15) is 8.42 Å². The third-order valence-corrected chi connectivity index (χ3v) is 4.42. The maximum atomic E-state index is 11.3. The second-order valence-electron chi connectivity index (χ2n) is 4.84. The minimum absolute atomic E-state index is 0.0454. The highest BCUT2D eigenvalue weighted by Crippen LogP contribution is 2.49. The van der Waals surface area contributed by atoms with Crippen LogP contribution in [0.2, 0.25) is 0 Å². The number of hydrogen-bond acceptors (Lipinski definition) is 3. The molecule has 4 heteroatoms. The van der Waals surface area contributed by atoms with E-state index >= 15 is 0 Å². The highest BCUT2D eigenvalue weighted by molar-refractivity contribution is 7.86. The lowest BCUT2D eigenvalue weighted by Crippen LogP contribution is -2.46. The molecule has 1 rings (SSSR count). The summed E-state index contributed by atoms with van der Waals surface area (Å²) in [5, 5.41) is 0. The van der Waals surface area contributed by atoms with E-state index < -0.39 is 10.1 Å². The summed E-state index contributed by atoms with van der Waals surface area (Å²) < 4.78 is 27.8.